The van der Waals surface area contributed by atoms with E-state index in [2.05, 4.69) is 26.8 Å². The van der Waals surface area contributed by atoms with Crippen LogP contribution in [0.25, 0.3) is 0 Å². The Morgan fingerprint density at radius 1 is 1.41 bits per heavy atom. The molecule has 17 heavy (non-hydrogen) atoms. The van der Waals surface area contributed by atoms with Gasteiger partial charge >= 0.3 is 0 Å². The second-order valence-corrected chi connectivity index (χ2v) is 6.68. The second kappa shape index (κ2) is 4.40. The zero-order valence-corrected chi connectivity index (χ0v) is 11.6. The number of hydrogen-bond donors (Lipinski definition) is 1. The molecule has 0 aromatic carbocycles. The Bertz CT molecular complexity index is 304. The third-order valence-electron chi connectivity index (χ3n) is 4.47. The van der Waals surface area contributed by atoms with Gasteiger partial charge in [-0.15, -0.1) is 0 Å². The van der Waals surface area contributed by atoms with Crippen LogP contribution < -0.4 is 0 Å². The maximum absolute atomic E-state index is 9.86. The summed E-state index contributed by atoms with van der Waals surface area (Å²) in [6.45, 7) is 8.55. The molecular formula is C15H26O2. The van der Waals surface area contributed by atoms with Crippen molar-refractivity contribution in [3.8, 4) is 0 Å². The first-order chi connectivity index (χ1) is 7.80. The highest BCUT2D eigenvalue weighted by atomic mass is 16.6. The molecule has 4 atom stereocenters. The summed E-state index contributed by atoms with van der Waals surface area (Å²) in [4.78, 5) is 0. The Kier molecular flexibility index (Phi) is 3.39. The van der Waals surface area contributed by atoms with E-state index in [0.29, 0.717) is 17.9 Å². The van der Waals surface area contributed by atoms with Crippen LogP contribution in [0.4, 0.5) is 0 Å². The first-order valence-corrected chi connectivity index (χ1v) is 6.90. The Morgan fingerprint density at radius 3 is 2.53 bits per heavy atom. The van der Waals surface area contributed by atoms with Crippen LogP contribution in [0, 0.1) is 11.8 Å². The van der Waals surface area contributed by atoms with E-state index in [0.717, 1.165) is 12.8 Å². The van der Waals surface area contributed by atoms with E-state index >= 15 is 0 Å². The fourth-order valence-electron chi connectivity index (χ4n) is 2.81. The molecular weight excluding hydrogens is 212 g/mol. The zero-order chi connectivity index (χ0) is 12.7. The first kappa shape index (κ1) is 13.1. The van der Waals surface area contributed by atoms with E-state index in [1.807, 2.05) is 13.0 Å². The van der Waals surface area contributed by atoms with Gasteiger partial charge in [0.05, 0.1) is 17.3 Å². The Morgan fingerprint density at radius 2 is 2.06 bits per heavy atom. The van der Waals surface area contributed by atoms with E-state index in [1.165, 1.54) is 12.8 Å². The fraction of sp³-hybridized carbons (Fsp3) is 0.867. The summed E-state index contributed by atoms with van der Waals surface area (Å²) in [5.74, 6) is 1.33. The molecule has 0 radical (unpaired) electrons. The Labute approximate surface area is 105 Å². The molecule has 0 aromatic rings. The van der Waals surface area contributed by atoms with Crippen LogP contribution in [-0.4, -0.2) is 22.4 Å². The molecule has 1 aliphatic heterocycles. The van der Waals surface area contributed by atoms with Crippen molar-refractivity contribution >= 4 is 0 Å². The summed E-state index contributed by atoms with van der Waals surface area (Å²) < 4.78 is 5.62. The van der Waals surface area contributed by atoms with Gasteiger partial charge in [-0.1, -0.05) is 19.1 Å². The standard InChI is InChI=1S/C15H26O2/c1-11(5-6-13-14(2,3)17-13)12-7-9-15(4,16)10-8-12/h7,9,11-13,16H,5-6,8,10H2,1-4H3/t11-,12-,13+,15+/m1/s1. The van der Waals surface area contributed by atoms with Crippen molar-refractivity contribution in [3.63, 3.8) is 0 Å². The van der Waals surface area contributed by atoms with Crippen molar-refractivity contribution in [2.45, 2.75) is 70.7 Å². The van der Waals surface area contributed by atoms with Gasteiger partial charge in [0, 0.05) is 0 Å². The maximum atomic E-state index is 9.86. The van der Waals surface area contributed by atoms with Crippen molar-refractivity contribution in [2.24, 2.45) is 11.8 Å². The summed E-state index contributed by atoms with van der Waals surface area (Å²) in [6, 6.07) is 0. The summed E-state index contributed by atoms with van der Waals surface area (Å²) in [7, 11) is 0. The molecule has 0 amide bonds. The van der Waals surface area contributed by atoms with Gasteiger partial charge in [-0.25, -0.2) is 0 Å². The highest BCUT2D eigenvalue weighted by molar-refractivity contribution is 5.06. The topological polar surface area (TPSA) is 32.8 Å². The van der Waals surface area contributed by atoms with Crippen molar-refractivity contribution < 1.29 is 9.84 Å². The maximum Gasteiger partial charge on any atom is 0.0892 e. The number of aliphatic hydroxyl groups is 1. The minimum atomic E-state index is -0.572. The largest absolute Gasteiger partial charge is 0.386 e. The number of ether oxygens (including phenoxy) is 1. The van der Waals surface area contributed by atoms with Crippen LogP contribution in [0.15, 0.2) is 12.2 Å². The third kappa shape index (κ3) is 3.32. The van der Waals surface area contributed by atoms with Gasteiger partial charge < -0.3 is 9.84 Å². The number of allylic oxidation sites excluding steroid dienone is 1. The lowest BCUT2D eigenvalue weighted by Gasteiger charge is -2.30. The van der Waals surface area contributed by atoms with Crippen LogP contribution in [-0.2, 0) is 4.74 Å². The van der Waals surface area contributed by atoms with E-state index in [9.17, 15) is 5.11 Å². The molecule has 1 heterocycles. The second-order valence-electron chi connectivity index (χ2n) is 6.68. The highest BCUT2D eigenvalue weighted by Gasteiger charge is 2.47. The molecule has 1 N–H and O–H groups in total. The quantitative estimate of drug-likeness (QED) is 0.602. The SMILES string of the molecule is C[C@H](CC[C@@H]1OC1(C)C)[C@@H]1C=C[C@](C)(O)CC1. The predicted octanol–water partition coefficient (Wildman–Crippen LogP) is 3.30. The Hall–Kier alpha value is -0.340. The molecule has 0 spiro atoms. The smallest absolute Gasteiger partial charge is 0.0892 e. The first-order valence-electron chi connectivity index (χ1n) is 6.90. The number of rotatable bonds is 4. The van der Waals surface area contributed by atoms with Crippen LogP contribution >= 0.6 is 0 Å². The molecule has 1 fully saturated rings. The van der Waals surface area contributed by atoms with Gasteiger partial charge in [-0.05, 0) is 58.3 Å². The van der Waals surface area contributed by atoms with Crippen LogP contribution in [0.3, 0.4) is 0 Å². The average molecular weight is 238 g/mol. The summed E-state index contributed by atoms with van der Waals surface area (Å²) in [5.41, 5.74) is -0.441. The van der Waals surface area contributed by atoms with E-state index in [-0.39, 0.29) is 5.60 Å². The molecule has 0 saturated carbocycles. The third-order valence-corrected chi connectivity index (χ3v) is 4.47. The molecule has 0 aromatic heterocycles. The monoisotopic (exact) mass is 238 g/mol. The van der Waals surface area contributed by atoms with Crippen molar-refractivity contribution in [2.75, 3.05) is 0 Å². The van der Waals surface area contributed by atoms with Gasteiger partial charge in [-0.3, -0.25) is 0 Å². The number of epoxide rings is 1. The van der Waals surface area contributed by atoms with E-state index in [1.54, 1.807) is 0 Å². The molecule has 0 bridgehead atoms. The lowest BCUT2D eigenvalue weighted by Crippen LogP contribution is -2.27. The highest BCUT2D eigenvalue weighted by Crippen LogP contribution is 2.40. The molecule has 2 rings (SSSR count). The summed E-state index contributed by atoms with van der Waals surface area (Å²) in [5, 5.41) is 9.86. The van der Waals surface area contributed by atoms with Gasteiger partial charge in [0.15, 0.2) is 0 Å². The van der Waals surface area contributed by atoms with Gasteiger partial charge in [-0.2, -0.15) is 0 Å². The van der Waals surface area contributed by atoms with Crippen LogP contribution in [0.2, 0.25) is 0 Å². The molecule has 0 unspecified atom stereocenters. The van der Waals surface area contributed by atoms with Gasteiger partial charge in [0.2, 0.25) is 0 Å². The van der Waals surface area contributed by atoms with E-state index in [4.69, 9.17) is 4.74 Å². The van der Waals surface area contributed by atoms with Crippen LogP contribution in [0.5, 0.6) is 0 Å². The van der Waals surface area contributed by atoms with Gasteiger partial charge in [0.1, 0.15) is 0 Å². The zero-order valence-electron chi connectivity index (χ0n) is 11.6. The van der Waals surface area contributed by atoms with Crippen molar-refractivity contribution in [3.05, 3.63) is 12.2 Å². The minimum absolute atomic E-state index is 0.131. The normalized spacial score (nSPS) is 41.2. The average Bonchev–Trinajstić information content (AvgIpc) is 2.83. The predicted molar refractivity (Wildman–Crippen MR) is 69.8 cm³/mol. The lowest BCUT2D eigenvalue weighted by atomic mass is 9.78. The summed E-state index contributed by atoms with van der Waals surface area (Å²) >= 11 is 0. The molecule has 2 aliphatic rings. The molecule has 2 nitrogen and oxygen atoms in total. The van der Waals surface area contributed by atoms with Gasteiger partial charge in [0.25, 0.3) is 0 Å². The molecule has 2 heteroatoms. The molecule has 1 aliphatic carbocycles. The molecule has 1 saturated heterocycles. The van der Waals surface area contributed by atoms with Crippen molar-refractivity contribution in [1.29, 1.82) is 0 Å². The number of hydrogen-bond acceptors (Lipinski definition) is 2. The minimum Gasteiger partial charge on any atom is -0.386 e. The fourth-order valence-corrected chi connectivity index (χ4v) is 2.81. The Balaban J connectivity index is 1.76. The lowest BCUT2D eigenvalue weighted by molar-refractivity contribution is 0.0830. The molecule has 98 valence electrons. The van der Waals surface area contributed by atoms with Crippen molar-refractivity contribution in [1.82, 2.24) is 0 Å². The summed E-state index contributed by atoms with van der Waals surface area (Å²) in [6.07, 6.45) is 9.08. The van der Waals surface area contributed by atoms with Crippen LogP contribution in [0.1, 0.15) is 53.4 Å². The van der Waals surface area contributed by atoms with E-state index < -0.39 is 5.60 Å².